The Morgan fingerprint density at radius 2 is 2.41 bits per heavy atom. The number of tetrazole rings is 1. The van der Waals surface area contributed by atoms with Crippen LogP contribution >= 0.6 is 0 Å². The van der Waals surface area contributed by atoms with E-state index in [0.29, 0.717) is 24.0 Å². The molecule has 0 aliphatic heterocycles. The van der Waals surface area contributed by atoms with Gasteiger partial charge in [-0.3, -0.25) is 0 Å². The molecule has 0 spiro atoms. The largest absolute Gasteiger partial charge is 0.478 e. The number of carboxylic acids is 1. The van der Waals surface area contributed by atoms with E-state index in [-0.39, 0.29) is 5.56 Å². The van der Waals surface area contributed by atoms with Gasteiger partial charge in [-0.2, -0.15) is 0 Å². The van der Waals surface area contributed by atoms with Crippen LogP contribution in [0.5, 0.6) is 0 Å². The molecule has 0 radical (unpaired) electrons. The van der Waals surface area contributed by atoms with Crippen molar-refractivity contribution in [2.75, 3.05) is 5.32 Å². The summed E-state index contributed by atoms with van der Waals surface area (Å²) < 4.78 is 6.76. The molecule has 2 N–H and O–H groups in total. The predicted molar refractivity (Wildman–Crippen MR) is 56.5 cm³/mol. The minimum absolute atomic E-state index is 0.165. The molecule has 17 heavy (non-hydrogen) atoms. The molecule has 0 bridgehead atoms. The van der Waals surface area contributed by atoms with E-state index in [1.165, 1.54) is 10.7 Å². The zero-order valence-corrected chi connectivity index (χ0v) is 9.34. The standard InChI is InChI=1S/C9H11N5O3/c1-5-7(8(15)16)3-6(17-5)4-10-9-11-12-13-14(9)2/h3H,4H2,1-2H3,(H,15,16)(H,10,11,13). The first-order valence-corrected chi connectivity index (χ1v) is 4.86. The second-order valence-electron chi connectivity index (χ2n) is 3.47. The van der Waals surface area contributed by atoms with E-state index in [4.69, 9.17) is 9.52 Å². The van der Waals surface area contributed by atoms with Crippen LogP contribution in [-0.2, 0) is 13.6 Å². The van der Waals surface area contributed by atoms with Crippen LogP contribution in [0.25, 0.3) is 0 Å². The Balaban J connectivity index is 2.07. The number of nitrogens with one attached hydrogen (secondary N) is 1. The quantitative estimate of drug-likeness (QED) is 0.793. The van der Waals surface area contributed by atoms with Crippen molar-refractivity contribution in [3.05, 3.63) is 23.2 Å². The molecule has 0 aromatic carbocycles. The molecule has 8 heteroatoms. The smallest absolute Gasteiger partial charge is 0.339 e. The maximum Gasteiger partial charge on any atom is 0.339 e. The maximum atomic E-state index is 10.8. The molecule has 0 saturated carbocycles. The molecule has 0 aliphatic carbocycles. The number of rotatable bonds is 4. The van der Waals surface area contributed by atoms with Gasteiger partial charge in [-0.1, -0.05) is 5.10 Å². The van der Waals surface area contributed by atoms with Crippen LogP contribution in [0.15, 0.2) is 10.5 Å². The molecular weight excluding hydrogens is 226 g/mol. The van der Waals surface area contributed by atoms with Gasteiger partial charge in [0.1, 0.15) is 17.1 Å². The highest BCUT2D eigenvalue weighted by Crippen LogP contribution is 2.15. The fraction of sp³-hybridized carbons (Fsp3) is 0.333. The number of furan rings is 1. The van der Waals surface area contributed by atoms with Crippen molar-refractivity contribution in [3.8, 4) is 0 Å². The summed E-state index contributed by atoms with van der Waals surface area (Å²) in [5, 5.41) is 22.6. The highest BCUT2D eigenvalue weighted by atomic mass is 16.4. The first-order chi connectivity index (χ1) is 8.08. The molecule has 8 nitrogen and oxygen atoms in total. The molecule has 2 aromatic rings. The van der Waals surface area contributed by atoms with Crippen LogP contribution < -0.4 is 5.32 Å². The summed E-state index contributed by atoms with van der Waals surface area (Å²) in [6, 6.07) is 1.48. The lowest BCUT2D eigenvalue weighted by Crippen LogP contribution is -2.05. The van der Waals surface area contributed by atoms with Crippen molar-refractivity contribution in [1.29, 1.82) is 0 Å². The van der Waals surface area contributed by atoms with Crippen LogP contribution in [0, 0.1) is 6.92 Å². The first-order valence-electron chi connectivity index (χ1n) is 4.86. The topological polar surface area (TPSA) is 106 Å². The fourth-order valence-corrected chi connectivity index (χ4v) is 1.39. The second-order valence-corrected chi connectivity index (χ2v) is 3.47. The predicted octanol–water partition coefficient (Wildman–Crippen LogP) is 0.422. The minimum atomic E-state index is -1.00. The summed E-state index contributed by atoms with van der Waals surface area (Å²) in [5.74, 6) is 0.377. The number of hydrogen-bond donors (Lipinski definition) is 2. The number of aryl methyl sites for hydroxylation is 2. The Morgan fingerprint density at radius 3 is 2.94 bits per heavy atom. The molecule has 0 fully saturated rings. The van der Waals surface area contributed by atoms with Gasteiger partial charge in [-0.25, -0.2) is 9.48 Å². The highest BCUT2D eigenvalue weighted by Gasteiger charge is 2.13. The van der Waals surface area contributed by atoms with Crippen molar-refractivity contribution < 1.29 is 14.3 Å². The molecule has 0 amide bonds. The van der Waals surface area contributed by atoms with Crippen molar-refractivity contribution >= 4 is 11.9 Å². The molecule has 0 atom stereocenters. The van der Waals surface area contributed by atoms with Gasteiger partial charge in [0.25, 0.3) is 0 Å². The molecule has 2 aromatic heterocycles. The number of nitrogens with zero attached hydrogens (tertiary/aromatic N) is 4. The zero-order chi connectivity index (χ0) is 12.4. The van der Waals surface area contributed by atoms with Gasteiger partial charge < -0.3 is 14.8 Å². The van der Waals surface area contributed by atoms with E-state index in [0.717, 1.165) is 0 Å². The van der Waals surface area contributed by atoms with E-state index in [2.05, 4.69) is 20.8 Å². The van der Waals surface area contributed by atoms with Crippen LogP contribution in [0.1, 0.15) is 21.9 Å². The molecule has 2 rings (SSSR count). The SMILES string of the molecule is Cc1oc(CNc2nnnn2C)cc1C(=O)O. The summed E-state index contributed by atoms with van der Waals surface area (Å²) in [5.41, 5.74) is 0.165. The summed E-state index contributed by atoms with van der Waals surface area (Å²) in [6.45, 7) is 1.93. The van der Waals surface area contributed by atoms with Gasteiger partial charge in [0, 0.05) is 7.05 Å². The fourth-order valence-electron chi connectivity index (χ4n) is 1.39. The van der Waals surface area contributed by atoms with Crippen LogP contribution in [-0.4, -0.2) is 31.3 Å². The Kier molecular flexibility index (Phi) is 2.77. The van der Waals surface area contributed by atoms with Crippen molar-refractivity contribution in [3.63, 3.8) is 0 Å². The van der Waals surface area contributed by atoms with Gasteiger partial charge in [-0.05, 0) is 23.4 Å². The third-order valence-electron chi connectivity index (χ3n) is 2.24. The van der Waals surface area contributed by atoms with Gasteiger partial charge in [-0.15, -0.1) is 0 Å². The summed E-state index contributed by atoms with van der Waals surface area (Å²) in [4.78, 5) is 10.8. The third kappa shape index (κ3) is 2.25. The lowest BCUT2D eigenvalue weighted by atomic mass is 10.2. The number of carbonyl (C=O) groups is 1. The lowest BCUT2D eigenvalue weighted by molar-refractivity contribution is 0.0695. The molecule has 0 unspecified atom stereocenters. The van der Waals surface area contributed by atoms with Gasteiger partial charge >= 0.3 is 5.97 Å². The Morgan fingerprint density at radius 1 is 1.65 bits per heavy atom. The van der Waals surface area contributed by atoms with E-state index < -0.39 is 5.97 Å². The molecule has 0 saturated heterocycles. The number of hydrogen-bond acceptors (Lipinski definition) is 6. The van der Waals surface area contributed by atoms with E-state index >= 15 is 0 Å². The average Bonchev–Trinajstić information content (AvgIpc) is 2.82. The average molecular weight is 237 g/mol. The number of aromatic nitrogens is 4. The molecule has 0 aliphatic rings. The minimum Gasteiger partial charge on any atom is -0.478 e. The van der Waals surface area contributed by atoms with Crippen molar-refractivity contribution in [1.82, 2.24) is 20.2 Å². The Bertz CT molecular complexity index is 545. The zero-order valence-electron chi connectivity index (χ0n) is 9.34. The van der Waals surface area contributed by atoms with Gasteiger partial charge in [0.05, 0.1) is 6.54 Å². The van der Waals surface area contributed by atoms with Crippen LogP contribution in [0.4, 0.5) is 5.95 Å². The van der Waals surface area contributed by atoms with Gasteiger partial charge in [0.2, 0.25) is 5.95 Å². The number of carboxylic acid groups (broad SMARTS) is 1. The normalized spacial score (nSPS) is 10.5. The highest BCUT2D eigenvalue weighted by molar-refractivity contribution is 5.88. The summed E-state index contributed by atoms with van der Waals surface area (Å²) in [7, 11) is 1.69. The van der Waals surface area contributed by atoms with Gasteiger partial charge in [0.15, 0.2) is 0 Å². The summed E-state index contributed by atoms with van der Waals surface area (Å²) in [6.07, 6.45) is 0. The monoisotopic (exact) mass is 237 g/mol. The number of aromatic carboxylic acids is 1. The molecule has 90 valence electrons. The van der Waals surface area contributed by atoms with Crippen molar-refractivity contribution in [2.45, 2.75) is 13.5 Å². The second kappa shape index (κ2) is 4.24. The van der Waals surface area contributed by atoms with E-state index in [1.807, 2.05) is 0 Å². The van der Waals surface area contributed by atoms with Crippen molar-refractivity contribution in [2.24, 2.45) is 7.05 Å². The molecular formula is C9H11N5O3. The third-order valence-corrected chi connectivity index (χ3v) is 2.24. The Hall–Kier alpha value is -2.38. The Labute approximate surface area is 96.2 Å². The van der Waals surface area contributed by atoms with Crippen LogP contribution in [0.3, 0.4) is 0 Å². The van der Waals surface area contributed by atoms with E-state index in [1.54, 1.807) is 14.0 Å². The van der Waals surface area contributed by atoms with Crippen LogP contribution in [0.2, 0.25) is 0 Å². The number of anilines is 1. The first kappa shape index (κ1) is 11.1. The lowest BCUT2D eigenvalue weighted by Gasteiger charge is -2.00. The maximum absolute atomic E-state index is 10.8. The summed E-state index contributed by atoms with van der Waals surface area (Å²) >= 11 is 0. The van der Waals surface area contributed by atoms with E-state index in [9.17, 15) is 4.79 Å². The molecule has 2 heterocycles.